The number of imide groups is 1. The zero-order chi connectivity index (χ0) is 21.0. The summed E-state index contributed by atoms with van der Waals surface area (Å²) in [6.45, 7) is 0. The van der Waals surface area contributed by atoms with Gasteiger partial charge in [-0.3, -0.25) is 9.59 Å². The van der Waals surface area contributed by atoms with Crippen molar-refractivity contribution in [3.63, 3.8) is 0 Å². The van der Waals surface area contributed by atoms with E-state index in [4.69, 9.17) is 23.2 Å². The van der Waals surface area contributed by atoms with Gasteiger partial charge >= 0.3 is 0 Å². The Morgan fingerprint density at radius 3 is 1.97 bits per heavy atom. The molecule has 4 aliphatic carbocycles. The standard InChI is InChI=1S/C24H23Cl2NO2S/c25-18-8-17(9-19(26)10-18)22(28)27(23(29)30)21-4-2-1-3-20(21)24-11-14-5-15(12-24)7-16(6-14)13-24/h1-4,8-10,14-16H,5-7,11-13H2,(H,29,30). The number of halogens is 2. The Morgan fingerprint density at radius 1 is 0.900 bits per heavy atom. The van der Waals surface area contributed by atoms with Crippen LogP contribution < -0.4 is 4.90 Å². The van der Waals surface area contributed by atoms with Crippen molar-refractivity contribution >= 4 is 52.7 Å². The molecule has 156 valence electrons. The molecule has 2 amide bonds. The lowest BCUT2D eigenvalue weighted by Crippen LogP contribution is -2.49. The van der Waals surface area contributed by atoms with E-state index in [1.54, 1.807) is 6.07 Å². The lowest BCUT2D eigenvalue weighted by Gasteiger charge is -2.57. The number of hydrogen-bond donors (Lipinski definition) is 1. The predicted octanol–water partition coefficient (Wildman–Crippen LogP) is 7.16. The van der Waals surface area contributed by atoms with Crippen molar-refractivity contribution < 1.29 is 9.59 Å². The zero-order valence-corrected chi connectivity index (χ0v) is 18.9. The van der Waals surface area contributed by atoms with E-state index >= 15 is 0 Å². The molecule has 4 saturated carbocycles. The van der Waals surface area contributed by atoms with E-state index in [1.165, 1.54) is 36.3 Å². The molecule has 2 aromatic rings. The number of benzene rings is 2. The van der Waals surface area contributed by atoms with Crippen molar-refractivity contribution in [2.24, 2.45) is 17.8 Å². The topological polar surface area (TPSA) is 37.4 Å². The molecule has 4 bridgehead atoms. The average Bonchev–Trinajstić information content (AvgIpc) is 2.66. The Balaban J connectivity index is 1.59. The van der Waals surface area contributed by atoms with Crippen molar-refractivity contribution in [3.05, 3.63) is 63.6 Å². The van der Waals surface area contributed by atoms with Crippen LogP contribution in [-0.2, 0) is 5.41 Å². The molecule has 6 rings (SSSR count). The van der Waals surface area contributed by atoms with Gasteiger partial charge in [-0.1, -0.05) is 54.0 Å². The molecule has 0 aliphatic heterocycles. The molecule has 3 nitrogen and oxygen atoms in total. The second-order valence-electron chi connectivity index (χ2n) is 9.30. The van der Waals surface area contributed by atoms with Crippen LogP contribution in [0.4, 0.5) is 10.5 Å². The molecule has 0 radical (unpaired) electrons. The molecule has 2 aromatic carbocycles. The first-order chi connectivity index (χ1) is 14.3. The van der Waals surface area contributed by atoms with Crippen LogP contribution in [0.15, 0.2) is 42.5 Å². The van der Waals surface area contributed by atoms with Crippen molar-refractivity contribution in [1.82, 2.24) is 0 Å². The first-order valence-electron chi connectivity index (χ1n) is 10.5. The van der Waals surface area contributed by atoms with Crippen LogP contribution in [0.3, 0.4) is 0 Å². The maximum absolute atomic E-state index is 13.4. The highest BCUT2D eigenvalue weighted by Crippen LogP contribution is 2.61. The van der Waals surface area contributed by atoms with Gasteiger partial charge in [0.25, 0.3) is 11.1 Å². The summed E-state index contributed by atoms with van der Waals surface area (Å²) < 4.78 is 0. The zero-order valence-electron chi connectivity index (χ0n) is 16.5. The monoisotopic (exact) mass is 459 g/mol. The van der Waals surface area contributed by atoms with Gasteiger partial charge in [0, 0.05) is 15.6 Å². The van der Waals surface area contributed by atoms with E-state index in [1.807, 2.05) is 18.2 Å². The second-order valence-corrected chi connectivity index (χ2v) is 10.6. The fraction of sp³-hybridized carbons (Fsp3) is 0.417. The summed E-state index contributed by atoms with van der Waals surface area (Å²) in [5.74, 6) is 1.81. The molecule has 0 heterocycles. The third-order valence-electron chi connectivity index (χ3n) is 7.26. The molecule has 0 unspecified atom stereocenters. The van der Waals surface area contributed by atoms with Gasteiger partial charge in [0.1, 0.15) is 0 Å². The summed E-state index contributed by atoms with van der Waals surface area (Å²) in [6.07, 6.45) is 7.41. The number of carbonyl (C=O) groups excluding carboxylic acids is 2. The summed E-state index contributed by atoms with van der Waals surface area (Å²) in [6, 6.07) is 12.5. The molecule has 0 atom stereocenters. The van der Waals surface area contributed by atoms with Crippen molar-refractivity contribution in [1.29, 1.82) is 0 Å². The summed E-state index contributed by atoms with van der Waals surface area (Å²) in [4.78, 5) is 27.2. The highest BCUT2D eigenvalue weighted by atomic mass is 35.5. The van der Waals surface area contributed by atoms with Crippen LogP contribution in [-0.4, -0.2) is 11.1 Å². The van der Waals surface area contributed by atoms with Gasteiger partial charge in [0.2, 0.25) is 0 Å². The van der Waals surface area contributed by atoms with Crippen LogP contribution in [0.25, 0.3) is 0 Å². The first-order valence-corrected chi connectivity index (χ1v) is 11.7. The maximum Gasteiger partial charge on any atom is 0.290 e. The van der Waals surface area contributed by atoms with Gasteiger partial charge in [-0.15, -0.1) is 0 Å². The number of carbonyl (C=O) groups is 2. The number of amides is 2. The number of para-hydroxylation sites is 1. The van der Waals surface area contributed by atoms with E-state index in [-0.39, 0.29) is 11.0 Å². The number of rotatable bonds is 3. The van der Waals surface area contributed by atoms with E-state index in [9.17, 15) is 9.59 Å². The number of hydrogen-bond acceptors (Lipinski definition) is 2. The fourth-order valence-corrected chi connectivity index (χ4v) is 7.39. The molecule has 0 spiro atoms. The van der Waals surface area contributed by atoms with Gasteiger partial charge in [-0.25, -0.2) is 4.90 Å². The summed E-state index contributed by atoms with van der Waals surface area (Å²) in [7, 11) is 0. The third-order valence-corrected chi connectivity index (χ3v) is 7.89. The van der Waals surface area contributed by atoms with Crippen molar-refractivity contribution in [2.45, 2.75) is 43.9 Å². The minimum atomic E-state index is -0.603. The minimum Gasteiger partial charge on any atom is -0.268 e. The third kappa shape index (κ3) is 3.47. The number of anilines is 1. The predicted molar refractivity (Wildman–Crippen MR) is 124 cm³/mol. The second kappa shape index (κ2) is 7.58. The van der Waals surface area contributed by atoms with Gasteiger partial charge in [-0.05, 0) is 91.5 Å². The van der Waals surface area contributed by atoms with Crippen LogP contribution >= 0.6 is 35.8 Å². The van der Waals surface area contributed by atoms with Crippen LogP contribution in [0, 0.1) is 17.8 Å². The minimum absolute atomic E-state index is 0.0408. The lowest BCUT2D eigenvalue weighted by molar-refractivity contribution is -0.00492. The van der Waals surface area contributed by atoms with Crippen LogP contribution in [0.5, 0.6) is 0 Å². The summed E-state index contributed by atoms with van der Waals surface area (Å²) in [5.41, 5.74) is 2.06. The Hall–Kier alpha value is -1.49. The van der Waals surface area contributed by atoms with E-state index in [0.717, 1.165) is 42.6 Å². The Labute approximate surface area is 192 Å². The SMILES string of the molecule is O=C(S)N(C(=O)c1cc(Cl)cc(Cl)c1)c1ccccc1C12CC3CC(CC(C3)C1)C2. The molecule has 30 heavy (non-hydrogen) atoms. The normalized spacial score (nSPS) is 29.1. The molecule has 4 fully saturated rings. The van der Waals surface area contributed by atoms with Crippen molar-refractivity contribution in [2.75, 3.05) is 4.90 Å². The highest BCUT2D eigenvalue weighted by Gasteiger charge is 2.52. The van der Waals surface area contributed by atoms with E-state index in [0.29, 0.717) is 15.7 Å². The largest absolute Gasteiger partial charge is 0.290 e. The fourth-order valence-electron chi connectivity index (χ4n) is 6.66. The molecule has 6 heteroatoms. The number of nitrogens with zero attached hydrogens (tertiary/aromatic N) is 1. The van der Waals surface area contributed by atoms with Gasteiger partial charge in [0.15, 0.2) is 0 Å². The van der Waals surface area contributed by atoms with Gasteiger partial charge in [-0.2, -0.15) is 0 Å². The summed E-state index contributed by atoms with van der Waals surface area (Å²) in [5, 5.41) is 0.104. The van der Waals surface area contributed by atoms with Gasteiger partial charge < -0.3 is 0 Å². The number of thiol groups is 1. The molecule has 0 aromatic heterocycles. The average molecular weight is 460 g/mol. The Bertz CT molecular complexity index is 982. The van der Waals surface area contributed by atoms with E-state index < -0.39 is 11.1 Å². The molecule has 4 aliphatic rings. The quantitative estimate of drug-likeness (QED) is 0.494. The van der Waals surface area contributed by atoms with E-state index in [2.05, 4.69) is 18.7 Å². The molecule has 0 saturated heterocycles. The molecule has 0 N–H and O–H groups in total. The van der Waals surface area contributed by atoms with Crippen LogP contribution in [0.2, 0.25) is 10.0 Å². The highest BCUT2D eigenvalue weighted by molar-refractivity contribution is 7.97. The van der Waals surface area contributed by atoms with Crippen LogP contribution in [0.1, 0.15) is 54.4 Å². The maximum atomic E-state index is 13.4. The van der Waals surface area contributed by atoms with Crippen molar-refractivity contribution in [3.8, 4) is 0 Å². The first kappa shape index (κ1) is 20.4. The van der Waals surface area contributed by atoms with Gasteiger partial charge in [0.05, 0.1) is 5.69 Å². The Kier molecular flexibility index (Phi) is 5.16. The Morgan fingerprint density at radius 2 is 1.43 bits per heavy atom. The summed E-state index contributed by atoms with van der Waals surface area (Å²) >= 11 is 16.3. The lowest BCUT2D eigenvalue weighted by atomic mass is 9.48. The molecular formula is C24H23Cl2NO2S. The smallest absolute Gasteiger partial charge is 0.268 e. The molecular weight excluding hydrogens is 437 g/mol.